The number of carbonyl (C=O) groups excluding carboxylic acids is 3. The summed E-state index contributed by atoms with van der Waals surface area (Å²) >= 11 is 0. The van der Waals surface area contributed by atoms with Crippen molar-refractivity contribution in [3.05, 3.63) is 65.7 Å². The first kappa shape index (κ1) is 20.2. The average molecular weight is 419 g/mol. The molecule has 1 aliphatic rings. The second kappa shape index (κ2) is 9.16. The number of nitrogens with one attached hydrogen (secondary N) is 2. The lowest BCUT2D eigenvalue weighted by Crippen LogP contribution is -2.43. The van der Waals surface area contributed by atoms with Gasteiger partial charge in [-0.1, -0.05) is 42.5 Å². The van der Waals surface area contributed by atoms with Gasteiger partial charge in [0, 0.05) is 30.6 Å². The fourth-order valence-corrected chi connectivity index (χ4v) is 3.23. The molecule has 3 aromatic rings. The van der Waals surface area contributed by atoms with Crippen molar-refractivity contribution in [3.8, 4) is 11.4 Å². The Kier molecular flexibility index (Phi) is 5.97. The Morgan fingerprint density at radius 3 is 2.48 bits per heavy atom. The van der Waals surface area contributed by atoms with Crippen LogP contribution in [-0.4, -0.2) is 49.4 Å². The molecule has 0 bridgehead atoms. The lowest BCUT2D eigenvalue weighted by Gasteiger charge is -2.15. The maximum absolute atomic E-state index is 12.3. The fraction of sp³-hybridized carbons (Fsp3) is 0.238. The summed E-state index contributed by atoms with van der Waals surface area (Å²) in [7, 11) is 0. The normalized spacial score (nSPS) is 13.3. The molecule has 0 saturated carbocycles. The molecule has 2 aromatic carbocycles. The van der Waals surface area contributed by atoms with Gasteiger partial charge >= 0.3 is 0 Å². The Morgan fingerprint density at radius 2 is 1.77 bits per heavy atom. The zero-order valence-electron chi connectivity index (χ0n) is 16.7. The molecular weight excluding hydrogens is 398 g/mol. The number of hydrogen-bond donors (Lipinski definition) is 2. The van der Waals surface area contributed by atoms with E-state index in [1.54, 1.807) is 29.2 Å². The number of benzene rings is 2. The van der Waals surface area contributed by atoms with E-state index in [9.17, 15) is 14.4 Å². The third-order valence-electron chi connectivity index (χ3n) is 4.85. The Balaban J connectivity index is 1.26. The van der Waals surface area contributed by atoms with E-state index in [2.05, 4.69) is 26.3 Å². The van der Waals surface area contributed by atoms with Crippen LogP contribution >= 0.6 is 0 Å². The number of rotatable bonds is 6. The van der Waals surface area contributed by atoms with Gasteiger partial charge in [-0.15, -0.1) is 10.2 Å². The maximum Gasteiger partial charge on any atom is 0.269 e. The van der Waals surface area contributed by atoms with Crippen LogP contribution in [0.1, 0.15) is 28.8 Å². The molecule has 2 N–H and O–H groups in total. The quantitative estimate of drug-likeness (QED) is 0.573. The van der Waals surface area contributed by atoms with Gasteiger partial charge < -0.3 is 4.90 Å². The van der Waals surface area contributed by atoms with Crippen LogP contribution in [0.3, 0.4) is 0 Å². The van der Waals surface area contributed by atoms with Crippen molar-refractivity contribution in [1.29, 1.82) is 0 Å². The molecule has 158 valence electrons. The summed E-state index contributed by atoms with van der Waals surface area (Å²) < 4.78 is 0. The fourth-order valence-electron chi connectivity index (χ4n) is 3.23. The number of nitrogens with zero attached hydrogens (tertiary/aromatic N) is 5. The van der Waals surface area contributed by atoms with Crippen molar-refractivity contribution >= 4 is 17.7 Å². The number of hydrazine groups is 1. The minimum atomic E-state index is -0.491. The highest BCUT2D eigenvalue weighted by Crippen LogP contribution is 2.15. The third-order valence-corrected chi connectivity index (χ3v) is 4.85. The smallest absolute Gasteiger partial charge is 0.269 e. The molecule has 0 atom stereocenters. The second-order valence-corrected chi connectivity index (χ2v) is 7.13. The molecule has 1 aromatic heterocycles. The standard InChI is InChI=1S/C21H21N7O3/c29-18(14-28-25-20(23-26-28)16-5-2-1-3-6-16)22-24-21(31)17-10-8-15(9-11-17)13-27-12-4-7-19(27)30/h1-3,5-6,8-11H,4,7,12-14H2,(H,22,29)(H,24,31). The Labute approximate surface area is 178 Å². The van der Waals surface area contributed by atoms with Gasteiger partial charge in [-0.05, 0) is 29.3 Å². The van der Waals surface area contributed by atoms with Crippen molar-refractivity contribution in [2.45, 2.75) is 25.9 Å². The van der Waals surface area contributed by atoms with Crippen LogP contribution in [-0.2, 0) is 22.7 Å². The summed E-state index contributed by atoms with van der Waals surface area (Å²) in [4.78, 5) is 39.0. The Hall–Kier alpha value is -4.08. The summed E-state index contributed by atoms with van der Waals surface area (Å²) in [5, 5.41) is 11.9. The van der Waals surface area contributed by atoms with Gasteiger partial charge in [0.05, 0.1) is 0 Å². The van der Waals surface area contributed by atoms with Crippen molar-refractivity contribution in [2.24, 2.45) is 0 Å². The van der Waals surface area contributed by atoms with E-state index in [1.165, 1.54) is 0 Å². The van der Waals surface area contributed by atoms with Crippen LogP contribution in [0.4, 0.5) is 0 Å². The molecule has 4 rings (SSSR count). The number of carbonyl (C=O) groups is 3. The summed E-state index contributed by atoms with van der Waals surface area (Å²) in [6.45, 7) is 1.11. The molecule has 2 heterocycles. The van der Waals surface area contributed by atoms with E-state index in [-0.39, 0.29) is 12.5 Å². The molecule has 0 spiro atoms. The molecule has 1 saturated heterocycles. The lowest BCUT2D eigenvalue weighted by molar-refractivity contribution is -0.128. The zero-order valence-corrected chi connectivity index (χ0v) is 16.7. The van der Waals surface area contributed by atoms with Gasteiger partial charge in [-0.3, -0.25) is 25.2 Å². The maximum atomic E-state index is 12.3. The summed E-state index contributed by atoms with van der Waals surface area (Å²) in [5.74, 6) is -0.376. The van der Waals surface area contributed by atoms with E-state index in [0.717, 1.165) is 28.9 Å². The highest BCUT2D eigenvalue weighted by atomic mass is 16.2. The predicted molar refractivity (Wildman–Crippen MR) is 110 cm³/mol. The molecule has 0 unspecified atom stereocenters. The van der Waals surface area contributed by atoms with E-state index in [4.69, 9.17) is 0 Å². The molecule has 31 heavy (non-hydrogen) atoms. The highest BCUT2D eigenvalue weighted by molar-refractivity contribution is 5.95. The highest BCUT2D eigenvalue weighted by Gasteiger charge is 2.20. The van der Waals surface area contributed by atoms with Gasteiger partial charge in [0.15, 0.2) is 0 Å². The zero-order chi connectivity index (χ0) is 21.6. The topological polar surface area (TPSA) is 122 Å². The van der Waals surface area contributed by atoms with Gasteiger partial charge in [0.2, 0.25) is 11.7 Å². The van der Waals surface area contributed by atoms with Crippen LogP contribution in [0.2, 0.25) is 0 Å². The van der Waals surface area contributed by atoms with Crippen LogP contribution in [0, 0.1) is 0 Å². The number of tetrazole rings is 1. The van der Waals surface area contributed by atoms with Crippen molar-refractivity contribution < 1.29 is 14.4 Å². The SMILES string of the molecule is O=C(Cn1nnc(-c2ccccc2)n1)NNC(=O)c1ccc(CN2CCCC2=O)cc1. The first-order valence-electron chi connectivity index (χ1n) is 9.87. The molecule has 1 aliphatic heterocycles. The molecule has 10 nitrogen and oxygen atoms in total. The molecule has 0 radical (unpaired) electrons. The van der Waals surface area contributed by atoms with E-state index >= 15 is 0 Å². The van der Waals surface area contributed by atoms with Gasteiger partial charge in [-0.25, -0.2) is 0 Å². The first-order chi connectivity index (χ1) is 15.1. The van der Waals surface area contributed by atoms with E-state index in [0.29, 0.717) is 24.4 Å². The largest absolute Gasteiger partial charge is 0.338 e. The summed E-state index contributed by atoms with van der Waals surface area (Å²) in [6.07, 6.45) is 1.48. The monoisotopic (exact) mass is 419 g/mol. The van der Waals surface area contributed by atoms with Crippen LogP contribution < -0.4 is 10.9 Å². The number of likely N-dealkylation sites (tertiary alicyclic amines) is 1. The molecule has 1 fully saturated rings. The second-order valence-electron chi connectivity index (χ2n) is 7.13. The molecule has 0 aliphatic carbocycles. The summed E-state index contributed by atoms with van der Waals surface area (Å²) in [6, 6.07) is 16.2. The van der Waals surface area contributed by atoms with Crippen LogP contribution in [0.5, 0.6) is 0 Å². The Bertz CT molecular complexity index is 1080. The van der Waals surface area contributed by atoms with E-state index < -0.39 is 11.8 Å². The minimum Gasteiger partial charge on any atom is -0.338 e. The molecular formula is C21H21N7O3. The minimum absolute atomic E-state index is 0.155. The third kappa shape index (κ3) is 5.10. The molecule has 3 amide bonds. The van der Waals surface area contributed by atoms with Crippen LogP contribution in [0.15, 0.2) is 54.6 Å². The summed E-state index contributed by atoms with van der Waals surface area (Å²) in [5.41, 5.74) is 6.83. The Morgan fingerprint density at radius 1 is 1.00 bits per heavy atom. The van der Waals surface area contributed by atoms with Gasteiger partial charge in [0.1, 0.15) is 6.54 Å². The van der Waals surface area contributed by atoms with Crippen molar-refractivity contribution in [2.75, 3.05) is 6.54 Å². The molecule has 10 heteroatoms. The van der Waals surface area contributed by atoms with Gasteiger partial charge in [0.25, 0.3) is 11.8 Å². The van der Waals surface area contributed by atoms with Crippen molar-refractivity contribution in [3.63, 3.8) is 0 Å². The predicted octanol–water partition coefficient (Wildman–Crippen LogP) is 0.924. The van der Waals surface area contributed by atoms with Gasteiger partial charge in [-0.2, -0.15) is 4.80 Å². The van der Waals surface area contributed by atoms with Crippen molar-refractivity contribution in [1.82, 2.24) is 36.0 Å². The number of hydrogen-bond acceptors (Lipinski definition) is 6. The van der Waals surface area contributed by atoms with E-state index in [1.807, 2.05) is 30.3 Å². The first-order valence-corrected chi connectivity index (χ1v) is 9.87. The average Bonchev–Trinajstić information content (AvgIpc) is 3.42. The van der Waals surface area contributed by atoms with Crippen LogP contribution in [0.25, 0.3) is 11.4 Å². The number of amides is 3. The lowest BCUT2D eigenvalue weighted by atomic mass is 10.1. The number of aromatic nitrogens is 4.